The number of carboxylic acid groups (broad SMARTS) is 1. The average Bonchev–Trinajstić information content (AvgIpc) is 3.73. The van der Waals surface area contributed by atoms with Crippen molar-refractivity contribution in [2.45, 2.75) is 120 Å². The summed E-state index contributed by atoms with van der Waals surface area (Å²) in [7, 11) is 4.71. The number of nitrogen functional groups attached to an aromatic ring is 3. The maximum Gasteiger partial charge on any atom is 1.00 e. The first-order valence-electron chi connectivity index (χ1n) is 25.1. The van der Waals surface area contributed by atoms with Crippen LogP contribution in [-0.4, -0.2) is 68.9 Å². The van der Waals surface area contributed by atoms with Gasteiger partial charge < -0.3 is 48.2 Å². The van der Waals surface area contributed by atoms with E-state index >= 15 is 0 Å². The van der Waals surface area contributed by atoms with Crippen molar-refractivity contribution in [2.75, 3.05) is 45.0 Å². The van der Waals surface area contributed by atoms with E-state index in [1.165, 1.54) is 50.1 Å². The van der Waals surface area contributed by atoms with Crippen molar-refractivity contribution in [1.29, 1.82) is 0 Å². The second-order valence-electron chi connectivity index (χ2n) is 15.4. The van der Waals surface area contributed by atoms with Gasteiger partial charge in [-0.3, -0.25) is 28.8 Å². The Hall–Kier alpha value is -7.05. The summed E-state index contributed by atoms with van der Waals surface area (Å²) < 4.78 is 5.35. The van der Waals surface area contributed by atoms with Crippen molar-refractivity contribution < 1.29 is 62.3 Å². The van der Waals surface area contributed by atoms with Crippen LogP contribution in [0.2, 0.25) is 0 Å². The number of rotatable bonds is 15. The first kappa shape index (κ1) is 72.2. The van der Waals surface area contributed by atoms with Gasteiger partial charge in [-0.25, -0.2) is 0 Å². The third kappa shape index (κ3) is 26.1. The monoisotopic (exact) mass is 1030 g/mol. The zero-order chi connectivity index (χ0) is 56.9. The van der Waals surface area contributed by atoms with Gasteiger partial charge in [-0.05, 0) is 129 Å². The number of aryl methyl sites for hydroxylation is 3. The summed E-state index contributed by atoms with van der Waals surface area (Å²) in [6, 6.07) is 32.2. The van der Waals surface area contributed by atoms with E-state index in [1.807, 2.05) is 72.7 Å². The first-order chi connectivity index (χ1) is 35.4. The number of hydrogen-bond donors (Lipinski definition) is 6. The molecular weight excluding hydrogens is 944 g/mol. The Morgan fingerprint density at radius 2 is 0.827 bits per heavy atom. The number of carboxylic acids is 1. The number of ether oxygens (including phenoxy) is 1. The summed E-state index contributed by atoms with van der Waals surface area (Å²) in [5.74, 6) is -1.26. The molecule has 0 atom stereocenters. The molecule has 0 saturated heterocycles. The minimum absolute atomic E-state index is 0. The normalized spacial score (nSPS) is 9.79. The number of ketones is 3. The number of amides is 2. The maximum atomic E-state index is 11.4. The van der Waals surface area contributed by atoms with E-state index in [1.54, 1.807) is 56.6 Å². The van der Waals surface area contributed by atoms with E-state index in [4.69, 9.17) is 21.9 Å². The molecular formula is C59H83LiN6O9. The van der Waals surface area contributed by atoms with Gasteiger partial charge in [0.1, 0.15) is 6.61 Å². The molecule has 5 aromatic rings. The molecule has 1 aliphatic rings. The number of anilines is 3. The molecule has 0 radical (unpaired) electrons. The second kappa shape index (κ2) is 41.3. The van der Waals surface area contributed by atoms with Gasteiger partial charge in [0.25, 0.3) is 0 Å². The SMILES string of the molecule is CC.CC.CC.CC(=O)c1ccc(CCC(=O)[O-])cc1N.CCC(=O)OCC1c2ccccc2-c2ccccc21.CN.CNC(=O)CCc1ccc(C(C)=O)c(N)c1.CNC(=O)CCc1ccc(C(C)=O)c(N)c1.[Li+]. The largest absolute Gasteiger partial charge is 1.00 e. The van der Waals surface area contributed by atoms with Gasteiger partial charge in [0.15, 0.2) is 17.3 Å². The number of aliphatic carboxylic acids is 1. The Kier molecular flexibility index (Phi) is 39.8. The summed E-state index contributed by atoms with van der Waals surface area (Å²) in [6.07, 6.45) is 2.86. The van der Waals surface area contributed by atoms with Crippen LogP contribution in [0.3, 0.4) is 0 Å². The van der Waals surface area contributed by atoms with Gasteiger partial charge in [-0.2, -0.15) is 0 Å². The van der Waals surface area contributed by atoms with Gasteiger partial charge >= 0.3 is 24.8 Å². The topological polar surface area (TPSA) is 280 Å². The molecule has 0 aliphatic heterocycles. The number of nitrogens with one attached hydrogen (secondary N) is 2. The van der Waals surface area contributed by atoms with Gasteiger partial charge in [0.2, 0.25) is 11.8 Å². The number of Topliss-reactive ketones (excluding diaryl/α,β-unsaturated/α-hetero) is 3. The molecule has 1 aliphatic carbocycles. The number of carbonyl (C=O) groups is 7. The van der Waals surface area contributed by atoms with Gasteiger partial charge in [0.05, 0.1) is 0 Å². The molecule has 2 amide bonds. The van der Waals surface area contributed by atoms with Crippen molar-refractivity contribution in [1.82, 2.24) is 10.6 Å². The Morgan fingerprint density at radius 3 is 1.09 bits per heavy atom. The number of esters is 1. The van der Waals surface area contributed by atoms with E-state index in [0.29, 0.717) is 78.9 Å². The standard InChI is InChI=1S/C17H16O2.2C12H16N2O2.C11H13NO3.3C2H6.CH5N.Li/c1-2-17(18)19-11-16-14-9-5-3-7-12(14)13-8-4-6-10-15(13)16;2*1-8(15)10-5-3-9(7-11(10)13)4-6-12(16)14-2;1-7(13)9-4-2-8(6-10(9)12)3-5-11(14)15;4*1-2;/h3-10,16H,2,11H2,1H3;2*3,5,7H,4,6,13H2,1-2H3,(H,14,16);2,4,6H,3,5,12H2,1H3,(H,14,15);3*1-2H3;2H2,1H3;/q;;;;;;;;+1/p-1. The van der Waals surface area contributed by atoms with Gasteiger partial charge in [-0.1, -0.05) is 115 Å². The molecule has 6 rings (SSSR count). The van der Waals surface area contributed by atoms with Crippen molar-refractivity contribution in [3.05, 3.63) is 148 Å². The van der Waals surface area contributed by atoms with Crippen LogP contribution in [0.15, 0.2) is 103 Å². The van der Waals surface area contributed by atoms with E-state index < -0.39 is 5.97 Å². The molecule has 0 fully saturated rings. The van der Waals surface area contributed by atoms with E-state index in [-0.39, 0.29) is 66.3 Å². The molecule has 16 heteroatoms. The van der Waals surface area contributed by atoms with Crippen LogP contribution in [-0.2, 0) is 43.2 Å². The summed E-state index contributed by atoms with van der Waals surface area (Å²) in [4.78, 5) is 77.1. The molecule has 0 aromatic heterocycles. The number of carbonyl (C=O) groups excluding carboxylic acids is 7. The van der Waals surface area contributed by atoms with Crippen LogP contribution in [0.5, 0.6) is 0 Å². The van der Waals surface area contributed by atoms with Crippen LogP contribution in [0.25, 0.3) is 11.1 Å². The number of nitrogens with two attached hydrogens (primary N) is 4. The minimum atomic E-state index is -1.09. The van der Waals surface area contributed by atoms with Crippen LogP contribution in [0, 0.1) is 0 Å². The maximum absolute atomic E-state index is 11.4. The van der Waals surface area contributed by atoms with Gasteiger partial charge in [0, 0.05) is 79.0 Å². The van der Waals surface area contributed by atoms with E-state index in [2.05, 4.69) is 52.8 Å². The Bertz CT molecular complexity index is 2420. The second-order valence-corrected chi connectivity index (χ2v) is 15.4. The summed E-state index contributed by atoms with van der Waals surface area (Å²) >= 11 is 0. The van der Waals surface area contributed by atoms with Gasteiger partial charge in [-0.15, -0.1) is 0 Å². The van der Waals surface area contributed by atoms with Crippen molar-refractivity contribution in [3.63, 3.8) is 0 Å². The van der Waals surface area contributed by atoms with Crippen molar-refractivity contribution >= 4 is 58.2 Å². The predicted octanol–water partition coefficient (Wildman–Crippen LogP) is 5.86. The summed E-state index contributed by atoms with van der Waals surface area (Å²) in [5, 5.41) is 15.3. The molecule has 0 unspecified atom stereocenters. The summed E-state index contributed by atoms with van der Waals surface area (Å²) in [6.45, 7) is 18.7. The fourth-order valence-electron chi connectivity index (χ4n) is 6.99. The smallest absolute Gasteiger partial charge is 0.550 e. The summed E-state index contributed by atoms with van der Waals surface area (Å²) in [5.41, 5.74) is 32.2. The zero-order valence-electron chi connectivity index (χ0n) is 47.0. The molecule has 0 saturated carbocycles. The Morgan fingerprint density at radius 1 is 0.520 bits per heavy atom. The van der Waals surface area contributed by atoms with Crippen LogP contribution in [0.1, 0.15) is 160 Å². The predicted molar refractivity (Wildman–Crippen MR) is 300 cm³/mol. The fourth-order valence-corrected chi connectivity index (χ4v) is 6.99. The van der Waals surface area contributed by atoms with E-state index in [9.17, 15) is 38.7 Å². The molecule has 10 N–H and O–H groups in total. The molecule has 15 nitrogen and oxygen atoms in total. The van der Waals surface area contributed by atoms with Crippen LogP contribution >= 0.6 is 0 Å². The molecule has 0 heterocycles. The molecule has 0 spiro atoms. The molecule has 404 valence electrons. The fraction of sp³-hybridized carbons (Fsp3) is 0.373. The van der Waals surface area contributed by atoms with Crippen molar-refractivity contribution in [3.8, 4) is 11.1 Å². The first-order valence-corrected chi connectivity index (χ1v) is 25.1. The zero-order valence-corrected chi connectivity index (χ0v) is 47.0. The van der Waals surface area contributed by atoms with Crippen molar-refractivity contribution in [2.24, 2.45) is 5.73 Å². The molecule has 5 aromatic carbocycles. The number of fused-ring (bicyclic) bond motifs is 3. The molecule has 75 heavy (non-hydrogen) atoms. The third-order valence-corrected chi connectivity index (χ3v) is 10.6. The Balaban J connectivity index is -0.000000880. The molecule has 0 bridgehead atoms. The van der Waals surface area contributed by atoms with E-state index in [0.717, 1.165) is 16.7 Å². The van der Waals surface area contributed by atoms with Crippen LogP contribution in [0.4, 0.5) is 17.1 Å². The average molecular weight is 1030 g/mol. The van der Waals surface area contributed by atoms with Crippen LogP contribution < -0.4 is 57.5 Å². The third-order valence-electron chi connectivity index (χ3n) is 10.6. The quantitative estimate of drug-likeness (QED) is 0.0311. The number of benzene rings is 5. The Labute approximate surface area is 458 Å². The minimum Gasteiger partial charge on any atom is -0.550 e. The number of hydrogen-bond acceptors (Lipinski definition) is 13.